The highest BCUT2D eigenvalue weighted by molar-refractivity contribution is 5.84. The summed E-state index contributed by atoms with van der Waals surface area (Å²) in [7, 11) is 1.97. The fourth-order valence-corrected chi connectivity index (χ4v) is 2.15. The van der Waals surface area contributed by atoms with Crippen LogP contribution in [-0.4, -0.2) is 24.1 Å². The van der Waals surface area contributed by atoms with E-state index >= 15 is 0 Å². The van der Waals surface area contributed by atoms with Crippen LogP contribution in [0.2, 0.25) is 0 Å². The van der Waals surface area contributed by atoms with Crippen molar-refractivity contribution >= 4 is 16.7 Å². The minimum absolute atomic E-state index is 0.0786. The van der Waals surface area contributed by atoms with Crippen LogP contribution >= 0.6 is 0 Å². The number of benzene rings is 1. The van der Waals surface area contributed by atoms with Gasteiger partial charge in [0.2, 0.25) is 0 Å². The van der Waals surface area contributed by atoms with E-state index in [9.17, 15) is 0 Å². The quantitative estimate of drug-likeness (QED) is 0.872. The second-order valence-corrected chi connectivity index (χ2v) is 6.32. The molecular formula is C18H23N3. The summed E-state index contributed by atoms with van der Waals surface area (Å²) in [4.78, 5) is 6.69. The summed E-state index contributed by atoms with van der Waals surface area (Å²) in [5.41, 5.74) is 2.33. The molecule has 0 bridgehead atoms. The number of pyridine rings is 1. The fraction of sp³-hybridized carbons (Fsp3) is 0.389. The third kappa shape index (κ3) is 3.96. The molecule has 0 radical (unpaired) electrons. The average Bonchev–Trinajstić information content (AvgIpc) is 2.44. The predicted molar refractivity (Wildman–Crippen MR) is 90.4 cm³/mol. The Morgan fingerprint density at radius 2 is 2.00 bits per heavy atom. The van der Waals surface area contributed by atoms with Crippen LogP contribution < -0.4 is 10.2 Å². The summed E-state index contributed by atoms with van der Waals surface area (Å²) in [6, 6.07) is 10.4. The van der Waals surface area contributed by atoms with Gasteiger partial charge in [0.1, 0.15) is 5.82 Å². The van der Waals surface area contributed by atoms with Crippen molar-refractivity contribution in [1.82, 2.24) is 10.3 Å². The molecule has 1 aromatic carbocycles. The van der Waals surface area contributed by atoms with Crippen molar-refractivity contribution in [3.63, 3.8) is 0 Å². The summed E-state index contributed by atoms with van der Waals surface area (Å²) in [5, 5.41) is 4.73. The first-order valence-corrected chi connectivity index (χ1v) is 7.19. The van der Waals surface area contributed by atoms with E-state index in [2.05, 4.69) is 50.2 Å². The number of rotatable bonds is 4. The van der Waals surface area contributed by atoms with Crippen molar-refractivity contribution in [2.75, 3.05) is 18.5 Å². The minimum atomic E-state index is 0.0786. The Labute approximate surface area is 127 Å². The molecule has 0 fully saturated rings. The maximum absolute atomic E-state index is 5.40. The van der Waals surface area contributed by atoms with Gasteiger partial charge in [-0.05, 0) is 38.5 Å². The standard InChI is InChI=1S/C18H23N3/c1-6-11-21(5)17-12-14(13-19-18(2,3)4)15-9-7-8-10-16(15)20-17/h1,7-10,12,19H,11,13H2,2-5H3. The maximum atomic E-state index is 5.40. The molecule has 0 unspecified atom stereocenters. The van der Waals surface area contributed by atoms with Crippen LogP contribution in [0.3, 0.4) is 0 Å². The SMILES string of the molecule is C#CCN(C)c1cc(CNC(C)(C)C)c2ccccc2n1. The lowest BCUT2D eigenvalue weighted by Crippen LogP contribution is -2.35. The topological polar surface area (TPSA) is 28.2 Å². The van der Waals surface area contributed by atoms with E-state index in [0.29, 0.717) is 6.54 Å². The van der Waals surface area contributed by atoms with Crippen molar-refractivity contribution in [2.45, 2.75) is 32.9 Å². The summed E-state index contributed by atoms with van der Waals surface area (Å²) >= 11 is 0. The molecule has 0 aliphatic heterocycles. The van der Waals surface area contributed by atoms with E-state index in [1.165, 1.54) is 10.9 Å². The van der Waals surface area contributed by atoms with Gasteiger partial charge in [-0.15, -0.1) is 6.42 Å². The van der Waals surface area contributed by atoms with Crippen LogP contribution in [-0.2, 0) is 6.54 Å². The largest absolute Gasteiger partial charge is 0.349 e. The van der Waals surface area contributed by atoms with Gasteiger partial charge in [-0.25, -0.2) is 4.98 Å². The van der Waals surface area contributed by atoms with Gasteiger partial charge in [0.05, 0.1) is 12.1 Å². The number of nitrogens with zero attached hydrogens (tertiary/aromatic N) is 2. The highest BCUT2D eigenvalue weighted by Crippen LogP contribution is 2.23. The Bertz CT molecular complexity index is 662. The Morgan fingerprint density at radius 1 is 1.29 bits per heavy atom. The molecule has 1 N–H and O–H groups in total. The average molecular weight is 281 g/mol. The third-order valence-corrected chi connectivity index (χ3v) is 3.32. The molecule has 0 amide bonds. The molecule has 1 heterocycles. The summed E-state index contributed by atoms with van der Waals surface area (Å²) in [5.74, 6) is 3.57. The van der Waals surface area contributed by atoms with Gasteiger partial charge >= 0.3 is 0 Å². The van der Waals surface area contributed by atoms with Gasteiger partial charge in [0.25, 0.3) is 0 Å². The van der Waals surface area contributed by atoms with E-state index in [4.69, 9.17) is 11.4 Å². The van der Waals surface area contributed by atoms with E-state index < -0.39 is 0 Å². The number of aromatic nitrogens is 1. The molecule has 2 aromatic rings. The number of anilines is 1. The first-order valence-electron chi connectivity index (χ1n) is 7.19. The van der Waals surface area contributed by atoms with E-state index in [0.717, 1.165) is 17.9 Å². The molecule has 110 valence electrons. The summed E-state index contributed by atoms with van der Waals surface area (Å²) < 4.78 is 0. The molecule has 0 aliphatic rings. The second-order valence-electron chi connectivity index (χ2n) is 6.32. The van der Waals surface area contributed by atoms with Crippen LogP contribution in [0.25, 0.3) is 10.9 Å². The lowest BCUT2D eigenvalue weighted by molar-refractivity contribution is 0.425. The van der Waals surface area contributed by atoms with Crippen LogP contribution in [0.1, 0.15) is 26.3 Å². The highest BCUT2D eigenvalue weighted by atomic mass is 15.2. The second kappa shape index (κ2) is 6.15. The van der Waals surface area contributed by atoms with Gasteiger partial charge in [-0.3, -0.25) is 0 Å². The molecule has 3 nitrogen and oxygen atoms in total. The third-order valence-electron chi connectivity index (χ3n) is 3.32. The van der Waals surface area contributed by atoms with E-state index in [-0.39, 0.29) is 5.54 Å². The van der Waals surface area contributed by atoms with Crippen molar-refractivity contribution in [1.29, 1.82) is 0 Å². The van der Waals surface area contributed by atoms with E-state index in [1.807, 2.05) is 24.1 Å². The number of fused-ring (bicyclic) bond motifs is 1. The summed E-state index contributed by atoms with van der Waals surface area (Å²) in [6.07, 6.45) is 5.40. The van der Waals surface area contributed by atoms with Crippen molar-refractivity contribution in [3.05, 3.63) is 35.9 Å². The number of terminal acetylenes is 1. The first kappa shape index (κ1) is 15.3. The molecule has 0 saturated heterocycles. The Hall–Kier alpha value is -2.05. The smallest absolute Gasteiger partial charge is 0.130 e. The molecule has 2 rings (SSSR count). The number of hydrogen-bond acceptors (Lipinski definition) is 3. The Morgan fingerprint density at radius 3 is 2.67 bits per heavy atom. The minimum Gasteiger partial charge on any atom is -0.349 e. The number of hydrogen-bond donors (Lipinski definition) is 1. The van der Waals surface area contributed by atoms with Gasteiger partial charge in [0.15, 0.2) is 0 Å². The number of nitrogens with one attached hydrogen (secondary N) is 1. The molecule has 0 spiro atoms. The highest BCUT2D eigenvalue weighted by Gasteiger charge is 2.12. The monoisotopic (exact) mass is 281 g/mol. The van der Waals surface area contributed by atoms with Crippen molar-refractivity contribution in [3.8, 4) is 12.3 Å². The van der Waals surface area contributed by atoms with Crippen molar-refractivity contribution < 1.29 is 0 Å². The van der Waals surface area contributed by atoms with E-state index in [1.54, 1.807) is 0 Å². The van der Waals surface area contributed by atoms with Crippen molar-refractivity contribution in [2.24, 2.45) is 0 Å². The molecular weight excluding hydrogens is 258 g/mol. The normalized spacial score (nSPS) is 11.4. The fourth-order valence-electron chi connectivity index (χ4n) is 2.15. The van der Waals surface area contributed by atoms with Crippen LogP contribution in [0, 0.1) is 12.3 Å². The predicted octanol–water partition coefficient (Wildman–Crippen LogP) is 3.19. The molecule has 0 atom stereocenters. The van der Waals surface area contributed by atoms with Crippen LogP contribution in [0.4, 0.5) is 5.82 Å². The molecule has 21 heavy (non-hydrogen) atoms. The zero-order chi connectivity index (χ0) is 15.5. The maximum Gasteiger partial charge on any atom is 0.130 e. The van der Waals surface area contributed by atoms with Gasteiger partial charge < -0.3 is 10.2 Å². The molecule has 0 aliphatic carbocycles. The molecule has 1 aromatic heterocycles. The Kier molecular flexibility index (Phi) is 4.50. The van der Waals surface area contributed by atoms with Gasteiger partial charge in [-0.2, -0.15) is 0 Å². The van der Waals surface area contributed by atoms with Gasteiger partial charge in [0, 0.05) is 24.5 Å². The lowest BCUT2D eigenvalue weighted by Gasteiger charge is -2.22. The van der Waals surface area contributed by atoms with Crippen LogP contribution in [0.15, 0.2) is 30.3 Å². The summed E-state index contributed by atoms with van der Waals surface area (Å²) in [6.45, 7) is 7.87. The number of para-hydroxylation sites is 1. The van der Waals surface area contributed by atoms with Gasteiger partial charge in [-0.1, -0.05) is 24.1 Å². The zero-order valence-corrected chi connectivity index (χ0v) is 13.3. The zero-order valence-electron chi connectivity index (χ0n) is 13.3. The molecule has 0 saturated carbocycles. The first-order chi connectivity index (χ1) is 9.90. The lowest BCUT2D eigenvalue weighted by atomic mass is 10.1. The Balaban J connectivity index is 2.43. The van der Waals surface area contributed by atoms with Crippen LogP contribution in [0.5, 0.6) is 0 Å². The molecule has 3 heteroatoms.